The van der Waals surface area contributed by atoms with Crippen molar-refractivity contribution in [3.63, 3.8) is 0 Å². The monoisotopic (exact) mass is 320 g/mol. The predicted molar refractivity (Wildman–Crippen MR) is 91.8 cm³/mol. The normalized spacial score (nSPS) is 18.4. The number of fused-ring (bicyclic) bond motifs is 2. The highest BCUT2D eigenvalue weighted by Crippen LogP contribution is 2.39. The Kier molecular flexibility index (Phi) is 2.72. The minimum atomic E-state index is 0.203. The first-order chi connectivity index (χ1) is 11.6. The van der Waals surface area contributed by atoms with Gasteiger partial charge in [-0.1, -0.05) is 0 Å². The van der Waals surface area contributed by atoms with Crippen LogP contribution in [-0.2, 0) is 6.54 Å². The maximum absolute atomic E-state index is 12.8. The summed E-state index contributed by atoms with van der Waals surface area (Å²) in [5, 5.41) is 0. The van der Waals surface area contributed by atoms with Crippen molar-refractivity contribution in [2.75, 3.05) is 0 Å². The van der Waals surface area contributed by atoms with E-state index < -0.39 is 0 Å². The van der Waals surface area contributed by atoms with E-state index in [1.807, 2.05) is 23.7 Å². The van der Waals surface area contributed by atoms with Gasteiger partial charge in [-0.15, -0.1) is 0 Å². The van der Waals surface area contributed by atoms with E-state index in [4.69, 9.17) is 0 Å². The number of carbonyl (C=O) groups is 1. The number of amides is 1. The van der Waals surface area contributed by atoms with Gasteiger partial charge in [0.15, 0.2) is 0 Å². The number of aromatic nitrogens is 3. The summed E-state index contributed by atoms with van der Waals surface area (Å²) in [6.07, 6.45) is 8.27. The molecular weight excluding hydrogens is 300 g/mol. The second-order valence-corrected chi connectivity index (χ2v) is 7.16. The van der Waals surface area contributed by atoms with Crippen molar-refractivity contribution in [2.24, 2.45) is 5.92 Å². The number of aromatic amines is 1. The van der Waals surface area contributed by atoms with Crippen LogP contribution < -0.4 is 0 Å². The fourth-order valence-electron chi connectivity index (χ4n) is 3.96. The number of hydrogen-bond donors (Lipinski definition) is 1. The molecule has 1 N–H and O–H groups in total. The van der Waals surface area contributed by atoms with E-state index in [9.17, 15) is 4.79 Å². The first-order valence-electron chi connectivity index (χ1n) is 8.58. The zero-order valence-corrected chi connectivity index (χ0v) is 13.9. The van der Waals surface area contributed by atoms with E-state index >= 15 is 0 Å². The lowest BCUT2D eigenvalue weighted by molar-refractivity contribution is 0.0697. The van der Waals surface area contributed by atoms with Crippen molar-refractivity contribution in [3.8, 4) is 11.3 Å². The number of nitrogens with one attached hydrogen (secondary N) is 1. The van der Waals surface area contributed by atoms with Gasteiger partial charge in [-0.2, -0.15) is 0 Å². The molecule has 0 bridgehead atoms. The zero-order valence-electron chi connectivity index (χ0n) is 13.9. The van der Waals surface area contributed by atoms with Crippen LogP contribution in [0.1, 0.15) is 41.3 Å². The van der Waals surface area contributed by atoms with E-state index in [2.05, 4.69) is 33.9 Å². The topological polar surface area (TPSA) is 53.4 Å². The number of nitrogens with zero attached hydrogens (tertiary/aromatic N) is 3. The first-order valence-corrected chi connectivity index (χ1v) is 8.58. The van der Waals surface area contributed by atoms with Gasteiger partial charge in [-0.3, -0.25) is 9.20 Å². The quantitative estimate of drug-likeness (QED) is 0.804. The molecule has 122 valence electrons. The smallest absolute Gasteiger partial charge is 0.255 e. The summed E-state index contributed by atoms with van der Waals surface area (Å²) >= 11 is 0. The zero-order chi connectivity index (χ0) is 16.4. The number of carbonyl (C=O) groups excluding carboxylic acids is 1. The molecule has 0 radical (unpaired) electrons. The van der Waals surface area contributed by atoms with Crippen LogP contribution in [0.3, 0.4) is 0 Å². The van der Waals surface area contributed by atoms with Crippen molar-refractivity contribution in [1.29, 1.82) is 0 Å². The van der Waals surface area contributed by atoms with Crippen LogP contribution >= 0.6 is 0 Å². The van der Waals surface area contributed by atoms with Gasteiger partial charge in [0.2, 0.25) is 5.78 Å². The lowest BCUT2D eigenvalue weighted by Crippen LogP contribution is -2.34. The highest BCUT2D eigenvalue weighted by atomic mass is 16.2. The minimum Gasteiger partial charge on any atom is -0.331 e. The summed E-state index contributed by atoms with van der Waals surface area (Å²) in [5.41, 5.74) is 5.26. The summed E-state index contributed by atoms with van der Waals surface area (Å²) in [7, 11) is 0. The van der Waals surface area contributed by atoms with Gasteiger partial charge in [0.25, 0.3) is 5.91 Å². The van der Waals surface area contributed by atoms with Crippen LogP contribution in [0, 0.1) is 12.8 Å². The molecule has 1 atom stereocenters. The van der Waals surface area contributed by atoms with Crippen LogP contribution in [-0.4, -0.2) is 31.2 Å². The van der Waals surface area contributed by atoms with Gasteiger partial charge in [0.1, 0.15) is 0 Å². The summed E-state index contributed by atoms with van der Waals surface area (Å²) in [6.45, 7) is 4.97. The molecule has 1 aromatic carbocycles. The number of rotatable bonds is 3. The van der Waals surface area contributed by atoms with E-state index in [-0.39, 0.29) is 5.91 Å². The molecule has 0 saturated heterocycles. The Morgan fingerprint density at radius 2 is 2.17 bits per heavy atom. The molecule has 3 aromatic rings. The summed E-state index contributed by atoms with van der Waals surface area (Å²) in [4.78, 5) is 22.5. The molecule has 5 nitrogen and oxygen atoms in total. The Balaban J connectivity index is 1.55. The molecule has 5 heteroatoms. The van der Waals surface area contributed by atoms with Crippen molar-refractivity contribution in [2.45, 2.75) is 39.3 Å². The van der Waals surface area contributed by atoms with Gasteiger partial charge < -0.3 is 9.88 Å². The molecule has 2 aliphatic rings. The van der Waals surface area contributed by atoms with Crippen LogP contribution in [0.5, 0.6) is 0 Å². The molecule has 3 heterocycles. The second kappa shape index (κ2) is 4.72. The van der Waals surface area contributed by atoms with Crippen molar-refractivity contribution in [1.82, 2.24) is 19.3 Å². The van der Waals surface area contributed by atoms with Crippen molar-refractivity contribution in [3.05, 3.63) is 47.4 Å². The third-order valence-corrected chi connectivity index (χ3v) is 5.52. The Bertz CT molecular complexity index is 935. The Morgan fingerprint density at radius 1 is 1.33 bits per heavy atom. The molecule has 0 unspecified atom stereocenters. The molecule has 5 rings (SSSR count). The fourth-order valence-corrected chi connectivity index (χ4v) is 3.96. The van der Waals surface area contributed by atoms with Crippen molar-refractivity contribution < 1.29 is 4.79 Å². The molecule has 1 aliphatic carbocycles. The van der Waals surface area contributed by atoms with Gasteiger partial charge in [-0.25, -0.2) is 4.98 Å². The van der Waals surface area contributed by atoms with Crippen LogP contribution in [0.4, 0.5) is 0 Å². The van der Waals surface area contributed by atoms with Gasteiger partial charge in [0, 0.05) is 42.3 Å². The minimum absolute atomic E-state index is 0.203. The lowest BCUT2D eigenvalue weighted by atomic mass is 9.99. The Morgan fingerprint density at radius 3 is 2.92 bits per heavy atom. The third-order valence-electron chi connectivity index (χ3n) is 5.52. The van der Waals surface area contributed by atoms with Crippen LogP contribution in [0.15, 0.2) is 30.7 Å². The highest BCUT2D eigenvalue weighted by molar-refractivity contribution is 6.00. The summed E-state index contributed by atoms with van der Waals surface area (Å²) in [6, 6.07) is 4.61. The van der Waals surface area contributed by atoms with Gasteiger partial charge in [-0.05, 0) is 55.9 Å². The number of hydrogen-bond acceptors (Lipinski definition) is 2. The maximum Gasteiger partial charge on any atom is 0.255 e. The number of H-pyrrole nitrogens is 1. The Hall–Kier alpha value is -2.56. The molecule has 1 amide bonds. The Labute approximate surface area is 140 Å². The molecular formula is C19H20N4O. The SMILES string of the molecule is Cc1cc(-c2cn3ccnc3[nH]2)cc2c1C(=O)N([C@@H](C)C1CC1)C2. The highest BCUT2D eigenvalue weighted by Gasteiger charge is 2.39. The molecule has 24 heavy (non-hydrogen) atoms. The molecule has 0 spiro atoms. The number of benzene rings is 1. The van der Waals surface area contributed by atoms with Crippen molar-refractivity contribution >= 4 is 11.7 Å². The number of imidazole rings is 2. The van der Waals surface area contributed by atoms with E-state index in [1.165, 1.54) is 12.8 Å². The number of aryl methyl sites for hydroxylation is 1. The van der Waals surface area contributed by atoms with E-state index in [1.54, 1.807) is 6.20 Å². The average molecular weight is 320 g/mol. The van der Waals surface area contributed by atoms with E-state index in [0.717, 1.165) is 40.3 Å². The standard InChI is InChI=1S/C19H20N4O/c1-11-7-14(16-10-22-6-5-20-19(22)21-16)8-15-9-23(18(24)17(11)15)12(2)13-3-4-13/h5-8,10,12-13H,3-4,9H2,1-2H3,(H,20,21)/t12-/m0/s1. The van der Waals surface area contributed by atoms with Crippen LogP contribution in [0.25, 0.3) is 17.0 Å². The lowest BCUT2D eigenvalue weighted by Gasteiger charge is -2.24. The third kappa shape index (κ3) is 1.94. The molecule has 1 fully saturated rings. The summed E-state index contributed by atoms with van der Waals surface area (Å²) in [5.74, 6) is 1.73. The van der Waals surface area contributed by atoms with E-state index in [0.29, 0.717) is 12.0 Å². The molecule has 1 saturated carbocycles. The predicted octanol–water partition coefficient (Wildman–Crippen LogP) is 3.39. The summed E-state index contributed by atoms with van der Waals surface area (Å²) < 4.78 is 1.98. The van der Waals surface area contributed by atoms with Gasteiger partial charge >= 0.3 is 0 Å². The molecule has 2 aromatic heterocycles. The maximum atomic E-state index is 12.8. The second-order valence-electron chi connectivity index (χ2n) is 7.16. The van der Waals surface area contributed by atoms with Crippen LogP contribution in [0.2, 0.25) is 0 Å². The van der Waals surface area contributed by atoms with Gasteiger partial charge in [0.05, 0.1) is 5.69 Å². The average Bonchev–Trinajstić information content (AvgIpc) is 3.03. The fraction of sp³-hybridized carbons (Fsp3) is 0.368. The first kappa shape index (κ1) is 13.8. The molecule has 1 aliphatic heterocycles. The largest absolute Gasteiger partial charge is 0.331 e.